The summed E-state index contributed by atoms with van der Waals surface area (Å²) in [5.74, 6) is -1.34. The Morgan fingerprint density at radius 3 is 2.28 bits per heavy atom. The number of halogens is 1. The van der Waals surface area contributed by atoms with Crippen LogP contribution in [0.1, 0.15) is 32.1 Å². The lowest BCUT2D eigenvalue weighted by atomic mass is 9.97. The number of hydrogen-bond acceptors (Lipinski definition) is 4. The third kappa shape index (κ3) is 6.85. The Kier molecular flexibility index (Phi) is 8.04. The van der Waals surface area contributed by atoms with Gasteiger partial charge < -0.3 is 15.5 Å². The number of carbonyl (C=O) groups excluding carboxylic acids is 2. The first-order valence-corrected chi connectivity index (χ1v) is 10.6. The molecule has 158 valence electrons. The maximum atomic E-state index is 13.0. The smallest absolute Gasteiger partial charge is 0.309 e. The van der Waals surface area contributed by atoms with Crippen LogP contribution in [0.4, 0.5) is 10.1 Å². The Hall–Kier alpha value is -2.41. The van der Waals surface area contributed by atoms with Crippen molar-refractivity contribution in [2.75, 3.05) is 50.7 Å². The molecule has 0 spiro atoms. The van der Waals surface area contributed by atoms with Gasteiger partial charge in [-0.3, -0.25) is 14.5 Å². The monoisotopic (exact) mass is 402 g/mol. The number of piperazine rings is 1. The molecule has 0 bridgehead atoms. The van der Waals surface area contributed by atoms with Crippen molar-refractivity contribution in [3.8, 4) is 0 Å². The number of nitrogens with one attached hydrogen (secondary N) is 2. The average Bonchev–Trinajstić information content (AvgIpc) is 2.75. The van der Waals surface area contributed by atoms with Crippen molar-refractivity contribution in [1.29, 1.82) is 0 Å². The number of allylic oxidation sites excluding steroid dienone is 1. The van der Waals surface area contributed by atoms with E-state index in [1.807, 2.05) is 0 Å². The summed E-state index contributed by atoms with van der Waals surface area (Å²) in [5.41, 5.74) is 2.41. The predicted octanol–water partition coefficient (Wildman–Crippen LogP) is 2.07. The summed E-state index contributed by atoms with van der Waals surface area (Å²) in [5, 5.41) is 5.41. The number of rotatable bonds is 7. The summed E-state index contributed by atoms with van der Waals surface area (Å²) in [7, 11) is 0. The molecule has 29 heavy (non-hydrogen) atoms. The Balaban J connectivity index is 1.27. The lowest BCUT2D eigenvalue weighted by Crippen LogP contribution is -2.49. The standard InChI is InChI=1S/C22H31FN4O2/c23-19-6-8-20(9-7-19)27-16-14-26(15-17-27)13-12-25-22(29)21(28)24-11-10-18-4-2-1-3-5-18/h4,6-9H,1-3,5,10-17H2,(H,24,28)(H,25,29). The molecule has 1 aromatic rings. The van der Waals surface area contributed by atoms with Crippen LogP contribution >= 0.6 is 0 Å². The van der Waals surface area contributed by atoms with Crippen LogP contribution in [0, 0.1) is 5.82 Å². The van der Waals surface area contributed by atoms with Crippen LogP contribution in [-0.4, -0.2) is 62.5 Å². The lowest BCUT2D eigenvalue weighted by Gasteiger charge is -2.36. The van der Waals surface area contributed by atoms with Gasteiger partial charge in [-0.15, -0.1) is 0 Å². The molecular formula is C22H31FN4O2. The van der Waals surface area contributed by atoms with Gasteiger partial charge in [0.1, 0.15) is 5.82 Å². The first-order valence-electron chi connectivity index (χ1n) is 10.6. The maximum absolute atomic E-state index is 13.0. The van der Waals surface area contributed by atoms with Gasteiger partial charge in [0.25, 0.3) is 0 Å². The third-order valence-corrected chi connectivity index (χ3v) is 5.60. The van der Waals surface area contributed by atoms with E-state index in [9.17, 15) is 14.0 Å². The zero-order valence-corrected chi connectivity index (χ0v) is 17.0. The van der Waals surface area contributed by atoms with Crippen molar-refractivity contribution in [1.82, 2.24) is 15.5 Å². The molecule has 1 fully saturated rings. The van der Waals surface area contributed by atoms with E-state index < -0.39 is 11.8 Å². The molecule has 1 aliphatic heterocycles. The SMILES string of the molecule is O=C(NCCC1=CCCCC1)C(=O)NCCN1CCN(c2ccc(F)cc2)CC1. The second kappa shape index (κ2) is 11.0. The highest BCUT2D eigenvalue weighted by Crippen LogP contribution is 2.19. The molecule has 1 aliphatic carbocycles. The molecule has 0 radical (unpaired) electrons. The summed E-state index contributed by atoms with van der Waals surface area (Å²) < 4.78 is 13.0. The molecular weight excluding hydrogens is 371 g/mol. The average molecular weight is 403 g/mol. The molecule has 0 saturated carbocycles. The highest BCUT2D eigenvalue weighted by Gasteiger charge is 2.18. The molecule has 6 nitrogen and oxygen atoms in total. The first-order chi connectivity index (χ1) is 14.1. The summed E-state index contributed by atoms with van der Waals surface area (Å²) in [6.45, 7) is 5.13. The van der Waals surface area contributed by atoms with Crippen molar-refractivity contribution in [3.63, 3.8) is 0 Å². The highest BCUT2D eigenvalue weighted by molar-refractivity contribution is 6.35. The van der Waals surface area contributed by atoms with Crippen LogP contribution < -0.4 is 15.5 Å². The molecule has 1 aromatic carbocycles. The van der Waals surface area contributed by atoms with Crippen molar-refractivity contribution in [2.24, 2.45) is 0 Å². The largest absolute Gasteiger partial charge is 0.369 e. The van der Waals surface area contributed by atoms with E-state index in [-0.39, 0.29) is 5.82 Å². The van der Waals surface area contributed by atoms with Gasteiger partial charge in [-0.1, -0.05) is 11.6 Å². The molecule has 1 saturated heterocycles. The van der Waals surface area contributed by atoms with Gasteiger partial charge in [-0.2, -0.15) is 0 Å². The number of nitrogens with zero attached hydrogens (tertiary/aromatic N) is 2. The molecule has 0 unspecified atom stereocenters. The Morgan fingerprint density at radius 1 is 0.931 bits per heavy atom. The molecule has 3 rings (SSSR count). The van der Waals surface area contributed by atoms with Gasteiger partial charge in [-0.05, 0) is 56.4 Å². The minimum absolute atomic E-state index is 0.224. The number of benzene rings is 1. The lowest BCUT2D eigenvalue weighted by molar-refractivity contribution is -0.139. The number of hydrogen-bond donors (Lipinski definition) is 2. The minimum Gasteiger partial charge on any atom is -0.369 e. The van der Waals surface area contributed by atoms with E-state index in [0.717, 1.165) is 51.1 Å². The van der Waals surface area contributed by atoms with Gasteiger partial charge in [0.15, 0.2) is 0 Å². The van der Waals surface area contributed by atoms with E-state index in [1.54, 1.807) is 12.1 Å². The second-order valence-electron chi connectivity index (χ2n) is 7.68. The van der Waals surface area contributed by atoms with Crippen LogP contribution in [0.2, 0.25) is 0 Å². The van der Waals surface area contributed by atoms with Crippen LogP contribution in [0.3, 0.4) is 0 Å². The summed E-state index contributed by atoms with van der Waals surface area (Å²) in [4.78, 5) is 28.3. The second-order valence-corrected chi connectivity index (χ2v) is 7.68. The van der Waals surface area contributed by atoms with Gasteiger partial charge in [0.2, 0.25) is 0 Å². The summed E-state index contributed by atoms with van der Waals surface area (Å²) in [6, 6.07) is 6.56. The molecule has 2 aliphatic rings. The quantitative estimate of drug-likeness (QED) is 0.541. The van der Waals surface area contributed by atoms with Gasteiger partial charge in [0.05, 0.1) is 0 Å². The van der Waals surface area contributed by atoms with Gasteiger partial charge >= 0.3 is 11.8 Å². The predicted molar refractivity (Wildman–Crippen MR) is 112 cm³/mol. The van der Waals surface area contributed by atoms with Crippen LogP contribution in [0.5, 0.6) is 0 Å². The molecule has 7 heteroatoms. The fourth-order valence-corrected chi connectivity index (χ4v) is 3.84. The van der Waals surface area contributed by atoms with Gasteiger partial charge in [-0.25, -0.2) is 4.39 Å². The van der Waals surface area contributed by atoms with Crippen molar-refractivity contribution in [3.05, 3.63) is 41.7 Å². The minimum atomic E-state index is -0.562. The molecule has 2 amide bonds. The summed E-state index contributed by atoms with van der Waals surface area (Å²) >= 11 is 0. The van der Waals surface area contributed by atoms with Crippen molar-refractivity contribution in [2.45, 2.75) is 32.1 Å². The van der Waals surface area contributed by atoms with Crippen LogP contribution in [0.25, 0.3) is 0 Å². The summed E-state index contributed by atoms with van der Waals surface area (Å²) in [6.07, 6.45) is 7.79. The van der Waals surface area contributed by atoms with Crippen molar-refractivity contribution >= 4 is 17.5 Å². The number of anilines is 1. The first kappa shape index (κ1) is 21.3. The fraction of sp³-hybridized carbons (Fsp3) is 0.545. The topological polar surface area (TPSA) is 64.7 Å². The number of amides is 2. The number of carbonyl (C=O) groups is 2. The van der Waals surface area contributed by atoms with Crippen molar-refractivity contribution < 1.29 is 14.0 Å². The van der Waals surface area contributed by atoms with E-state index in [1.165, 1.54) is 30.5 Å². The Morgan fingerprint density at radius 2 is 1.62 bits per heavy atom. The third-order valence-electron chi connectivity index (χ3n) is 5.60. The van der Waals surface area contributed by atoms with E-state index >= 15 is 0 Å². The zero-order valence-electron chi connectivity index (χ0n) is 17.0. The van der Waals surface area contributed by atoms with Crippen LogP contribution in [0.15, 0.2) is 35.9 Å². The molecule has 2 N–H and O–H groups in total. The highest BCUT2D eigenvalue weighted by atomic mass is 19.1. The van der Waals surface area contributed by atoms with E-state index in [4.69, 9.17) is 0 Å². The molecule has 0 aromatic heterocycles. The van der Waals surface area contributed by atoms with E-state index in [2.05, 4.69) is 26.5 Å². The Labute approximate surface area is 172 Å². The molecule has 0 atom stereocenters. The molecule has 1 heterocycles. The van der Waals surface area contributed by atoms with E-state index in [0.29, 0.717) is 19.6 Å². The Bertz CT molecular complexity index is 712. The van der Waals surface area contributed by atoms with Crippen LogP contribution in [-0.2, 0) is 9.59 Å². The van der Waals surface area contributed by atoms with Gasteiger partial charge in [0, 0.05) is 51.5 Å². The zero-order chi connectivity index (χ0) is 20.5. The normalized spacial score (nSPS) is 17.6. The maximum Gasteiger partial charge on any atom is 0.309 e. The fourth-order valence-electron chi connectivity index (χ4n) is 3.84.